The molecule has 3 heterocycles. The van der Waals surface area contributed by atoms with Crippen molar-refractivity contribution in [3.8, 4) is 5.88 Å². The van der Waals surface area contributed by atoms with Crippen LogP contribution in [0.4, 0.5) is 11.5 Å². The lowest BCUT2D eigenvalue weighted by atomic mass is 9.85. The molecule has 39 heavy (non-hydrogen) atoms. The van der Waals surface area contributed by atoms with Crippen LogP contribution < -0.4 is 14.5 Å². The van der Waals surface area contributed by atoms with E-state index in [1.807, 2.05) is 17.0 Å². The number of aromatic nitrogens is 2. The summed E-state index contributed by atoms with van der Waals surface area (Å²) in [7, 11) is 0. The van der Waals surface area contributed by atoms with E-state index in [1.54, 1.807) is 6.33 Å². The lowest BCUT2D eigenvalue weighted by Crippen LogP contribution is -2.47. The third-order valence-electron chi connectivity index (χ3n) is 8.45. The number of hydrogen-bond acceptors (Lipinski definition) is 7. The molecule has 0 spiro atoms. The van der Waals surface area contributed by atoms with E-state index >= 15 is 0 Å². The summed E-state index contributed by atoms with van der Waals surface area (Å²) in [5.41, 5.74) is 0.396. The Labute approximate surface area is 235 Å². The number of carbonyl (C=O) groups excluding carboxylic acids is 1. The van der Waals surface area contributed by atoms with E-state index in [4.69, 9.17) is 4.74 Å². The van der Waals surface area contributed by atoms with Crippen molar-refractivity contribution in [3.63, 3.8) is 0 Å². The molecule has 1 N–H and O–H groups in total. The molecule has 2 aliphatic carbocycles. The number of rotatable bonds is 7. The van der Waals surface area contributed by atoms with Gasteiger partial charge in [-0.15, -0.1) is 11.3 Å². The van der Waals surface area contributed by atoms with Crippen LogP contribution in [0.3, 0.4) is 0 Å². The molecule has 1 saturated heterocycles. The second-order valence-electron chi connectivity index (χ2n) is 12.4. The Morgan fingerprint density at radius 3 is 2.31 bits per heavy atom. The van der Waals surface area contributed by atoms with Gasteiger partial charge in [0, 0.05) is 36.0 Å². The average molecular weight is 555 g/mol. The zero-order valence-electron chi connectivity index (χ0n) is 23.5. The van der Waals surface area contributed by atoms with Crippen molar-refractivity contribution in [2.75, 3.05) is 22.9 Å². The molecule has 1 amide bonds. The highest BCUT2D eigenvalue weighted by Gasteiger charge is 2.38. The minimum atomic E-state index is -0.957. The molecule has 1 aliphatic heterocycles. The van der Waals surface area contributed by atoms with Gasteiger partial charge in [-0.1, -0.05) is 40.0 Å². The first-order valence-corrected chi connectivity index (χ1v) is 15.5. The second-order valence-corrected chi connectivity index (χ2v) is 13.4. The first kappa shape index (κ1) is 27.9. The van der Waals surface area contributed by atoms with Gasteiger partial charge in [0.15, 0.2) is 0 Å². The number of carbonyl (C=O) groups is 2. The van der Waals surface area contributed by atoms with Gasteiger partial charge in [0.25, 0.3) is 0 Å². The van der Waals surface area contributed by atoms with Crippen LogP contribution in [0, 0.1) is 5.92 Å². The summed E-state index contributed by atoms with van der Waals surface area (Å²) in [4.78, 5) is 40.6. The monoisotopic (exact) mass is 554 g/mol. The Balaban J connectivity index is 1.34. The molecule has 0 bridgehead atoms. The van der Waals surface area contributed by atoms with Crippen LogP contribution >= 0.6 is 11.3 Å². The predicted molar refractivity (Wildman–Crippen MR) is 154 cm³/mol. The number of aromatic carboxylic acids is 1. The molecule has 2 aromatic heterocycles. The summed E-state index contributed by atoms with van der Waals surface area (Å²) < 4.78 is 6.30. The van der Waals surface area contributed by atoms with Crippen LogP contribution in [-0.2, 0) is 10.2 Å². The number of nitrogens with zero attached hydrogens (tertiary/aromatic N) is 4. The molecule has 5 rings (SSSR count). The van der Waals surface area contributed by atoms with Crippen LogP contribution in [0.2, 0.25) is 0 Å². The fourth-order valence-corrected chi connectivity index (χ4v) is 7.28. The fourth-order valence-electron chi connectivity index (χ4n) is 6.23. The zero-order valence-corrected chi connectivity index (χ0v) is 24.3. The van der Waals surface area contributed by atoms with E-state index in [0.717, 1.165) is 75.2 Å². The maximum Gasteiger partial charge on any atom is 0.348 e. The first-order chi connectivity index (χ1) is 18.7. The number of hydrogen-bond donors (Lipinski definition) is 1. The average Bonchev–Trinajstić information content (AvgIpc) is 3.62. The third-order valence-corrected chi connectivity index (χ3v) is 9.99. The molecule has 9 heteroatoms. The molecule has 0 radical (unpaired) electrons. The summed E-state index contributed by atoms with van der Waals surface area (Å²) in [5, 5.41) is 10.1. The summed E-state index contributed by atoms with van der Waals surface area (Å²) in [6, 6.07) is 3.87. The van der Waals surface area contributed by atoms with Gasteiger partial charge < -0.3 is 19.6 Å². The van der Waals surface area contributed by atoms with E-state index in [1.165, 1.54) is 30.6 Å². The molecule has 2 aromatic rings. The Hall–Kier alpha value is -2.68. The second kappa shape index (κ2) is 11.8. The van der Waals surface area contributed by atoms with E-state index in [9.17, 15) is 14.7 Å². The van der Waals surface area contributed by atoms with Crippen molar-refractivity contribution in [2.45, 2.75) is 109 Å². The number of amides is 1. The molecule has 3 fully saturated rings. The fraction of sp³-hybridized carbons (Fsp3) is 0.667. The lowest BCUT2D eigenvalue weighted by molar-refractivity contribution is -0.124. The molecule has 0 aromatic carbocycles. The van der Waals surface area contributed by atoms with Crippen LogP contribution in [0.25, 0.3) is 0 Å². The van der Waals surface area contributed by atoms with Crippen LogP contribution in [0.15, 0.2) is 18.5 Å². The normalized spacial score (nSPS) is 22.6. The summed E-state index contributed by atoms with van der Waals surface area (Å²) >= 11 is 1.31. The van der Waals surface area contributed by atoms with E-state index < -0.39 is 5.97 Å². The third kappa shape index (κ3) is 6.39. The van der Waals surface area contributed by atoms with Gasteiger partial charge in [-0.25, -0.2) is 14.8 Å². The molecular formula is C30H42N4O4S. The molecule has 3 aliphatic rings. The summed E-state index contributed by atoms with van der Waals surface area (Å²) in [6.45, 7) is 8.31. The first-order valence-electron chi connectivity index (χ1n) is 14.6. The van der Waals surface area contributed by atoms with Crippen molar-refractivity contribution in [1.29, 1.82) is 0 Å². The molecule has 8 nitrogen and oxygen atoms in total. The predicted octanol–water partition coefficient (Wildman–Crippen LogP) is 6.44. The Morgan fingerprint density at radius 1 is 0.974 bits per heavy atom. The molecule has 2 saturated carbocycles. The summed E-state index contributed by atoms with van der Waals surface area (Å²) in [6.07, 6.45) is 12.2. The minimum Gasteiger partial charge on any atom is -0.477 e. The van der Waals surface area contributed by atoms with Crippen molar-refractivity contribution in [2.24, 2.45) is 5.92 Å². The van der Waals surface area contributed by atoms with Gasteiger partial charge >= 0.3 is 5.97 Å². The highest BCUT2D eigenvalue weighted by atomic mass is 32.1. The number of carboxylic acids is 1. The Morgan fingerprint density at radius 2 is 1.67 bits per heavy atom. The lowest BCUT2D eigenvalue weighted by Gasteiger charge is -2.39. The molecule has 0 atom stereocenters. The highest BCUT2D eigenvalue weighted by Crippen LogP contribution is 2.41. The summed E-state index contributed by atoms with van der Waals surface area (Å²) in [5.74, 6) is 0.639. The van der Waals surface area contributed by atoms with Crippen molar-refractivity contribution in [1.82, 2.24) is 9.97 Å². The minimum absolute atomic E-state index is 0.0146. The number of ether oxygens (including phenoxy) is 1. The van der Waals surface area contributed by atoms with Crippen molar-refractivity contribution in [3.05, 3.63) is 28.2 Å². The largest absolute Gasteiger partial charge is 0.477 e. The number of anilines is 2. The van der Waals surface area contributed by atoms with Crippen LogP contribution in [0.5, 0.6) is 5.88 Å². The maximum absolute atomic E-state index is 14.1. The topological polar surface area (TPSA) is 95.9 Å². The van der Waals surface area contributed by atoms with Gasteiger partial charge in [-0.3, -0.25) is 4.79 Å². The van der Waals surface area contributed by atoms with Crippen LogP contribution in [0.1, 0.15) is 106 Å². The van der Waals surface area contributed by atoms with Gasteiger partial charge in [0.05, 0.1) is 5.69 Å². The van der Waals surface area contributed by atoms with Gasteiger partial charge in [0.2, 0.25) is 11.8 Å². The van der Waals surface area contributed by atoms with Gasteiger partial charge in [0.1, 0.15) is 23.1 Å². The Bertz CT molecular complexity index is 1160. The van der Waals surface area contributed by atoms with E-state index in [2.05, 4.69) is 35.6 Å². The quantitative estimate of drug-likeness (QED) is 0.421. The Kier molecular flexibility index (Phi) is 8.45. The number of thiophene rings is 1. The smallest absolute Gasteiger partial charge is 0.348 e. The van der Waals surface area contributed by atoms with Gasteiger partial charge in [-0.2, -0.15) is 0 Å². The maximum atomic E-state index is 14.1. The van der Waals surface area contributed by atoms with Gasteiger partial charge in [-0.05, 0) is 62.8 Å². The standard InChI is InChI=1S/C30H42N4O4S/c1-30(2,3)24-17-23(27(39-24)29(36)37)34(28(35)20-9-5-4-6-10-20)21-11-13-22(14-12-21)38-26-18-25(31-19-32-26)33-15-7-8-16-33/h17-22H,4-16H2,1-3H3,(H,36,37)/t21-,22-. The molecule has 212 valence electrons. The highest BCUT2D eigenvalue weighted by molar-refractivity contribution is 7.14. The SMILES string of the molecule is CC(C)(C)c1cc(N(C(=O)C2CCCCC2)[C@H]2CC[C@H](Oc3cc(N4CCCC4)ncn3)CC2)c(C(=O)O)s1. The molecular weight excluding hydrogens is 512 g/mol. The van der Waals surface area contributed by atoms with Crippen molar-refractivity contribution >= 4 is 34.7 Å². The number of carboxylic acid groups (broad SMARTS) is 1. The van der Waals surface area contributed by atoms with Crippen molar-refractivity contribution < 1.29 is 19.4 Å². The van der Waals surface area contributed by atoms with E-state index in [0.29, 0.717) is 11.6 Å². The van der Waals surface area contributed by atoms with E-state index in [-0.39, 0.29) is 34.3 Å². The zero-order chi connectivity index (χ0) is 27.6. The van der Waals surface area contributed by atoms with Crippen LogP contribution in [-0.4, -0.2) is 52.2 Å². The molecule has 0 unspecified atom stereocenters.